The van der Waals surface area contributed by atoms with E-state index in [2.05, 4.69) is 0 Å². The van der Waals surface area contributed by atoms with Crippen LogP contribution in [0, 0.1) is 5.92 Å². The van der Waals surface area contributed by atoms with Gasteiger partial charge in [-0.25, -0.2) is 0 Å². The first kappa shape index (κ1) is 12.1. The molecule has 0 radical (unpaired) electrons. The summed E-state index contributed by atoms with van der Waals surface area (Å²) in [5.41, 5.74) is 2.56. The molecule has 0 saturated carbocycles. The molecule has 0 saturated heterocycles. The Morgan fingerprint density at radius 2 is 1.84 bits per heavy atom. The molecule has 0 aliphatic carbocycles. The third-order valence-corrected chi connectivity index (χ3v) is 3.82. The lowest BCUT2D eigenvalue weighted by molar-refractivity contribution is -0.141. The highest BCUT2D eigenvalue weighted by Gasteiger charge is 2.32. The van der Waals surface area contributed by atoms with Crippen LogP contribution < -0.4 is 9.47 Å². The van der Waals surface area contributed by atoms with Crippen LogP contribution in [0.3, 0.4) is 0 Å². The molecule has 5 heteroatoms. The number of benzene rings is 1. The Kier molecular flexibility index (Phi) is 2.77. The lowest BCUT2D eigenvalue weighted by atomic mass is 9.92. The van der Waals surface area contributed by atoms with Gasteiger partial charge >= 0.3 is 5.97 Å². The van der Waals surface area contributed by atoms with Crippen molar-refractivity contribution in [2.75, 3.05) is 13.2 Å². The quantitative estimate of drug-likeness (QED) is 0.865. The standard InChI is InChI=1S/C14H16O5/c1-7(14(16)17)6-10-8-2-4-19-13(8)11(15)9-3-5-18-12(9)10/h7,15H,2-6H2,1H3,(H,16,17). The Morgan fingerprint density at radius 3 is 2.53 bits per heavy atom. The van der Waals surface area contributed by atoms with Gasteiger partial charge in [0.2, 0.25) is 0 Å². The minimum absolute atomic E-state index is 0.173. The molecule has 102 valence electrons. The summed E-state index contributed by atoms with van der Waals surface area (Å²) in [4.78, 5) is 11.0. The number of rotatable bonds is 3. The lowest BCUT2D eigenvalue weighted by Gasteiger charge is -2.16. The molecule has 1 atom stereocenters. The summed E-state index contributed by atoms with van der Waals surface area (Å²) < 4.78 is 11.1. The molecule has 5 nitrogen and oxygen atoms in total. The van der Waals surface area contributed by atoms with Gasteiger partial charge in [-0.1, -0.05) is 6.92 Å². The van der Waals surface area contributed by atoms with Gasteiger partial charge in [0, 0.05) is 29.5 Å². The molecule has 0 aromatic heterocycles. The maximum Gasteiger partial charge on any atom is 0.306 e. The number of ether oxygens (including phenoxy) is 2. The van der Waals surface area contributed by atoms with Crippen LogP contribution >= 0.6 is 0 Å². The summed E-state index contributed by atoms with van der Waals surface area (Å²) >= 11 is 0. The van der Waals surface area contributed by atoms with Gasteiger partial charge < -0.3 is 19.7 Å². The maximum absolute atomic E-state index is 11.0. The van der Waals surface area contributed by atoms with Crippen molar-refractivity contribution in [1.82, 2.24) is 0 Å². The van der Waals surface area contributed by atoms with E-state index in [-0.39, 0.29) is 5.75 Å². The molecule has 0 fully saturated rings. The van der Waals surface area contributed by atoms with Crippen molar-refractivity contribution < 1.29 is 24.5 Å². The Bertz CT molecular complexity index is 514. The number of fused-ring (bicyclic) bond motifs is 2. The number of phenolic OH excluding ortho intramolecular Hbond substituents is 1. The Balaban J connectivity index is 2.11. The van der Waals surface area contributed by atoms with Crippen molar-refractivity contribution >= 4 is 5.97 Å². The van der Waals surface area contributed by atoms with Crippen LogP contribution in [0.15, 0.2) is 0 Å². The zero-order valence-electron chi connectivity index (χ0n) is 10.7. The second-order valence-electron chi connectivity index (χ2n) is 5.08. The topological polar surface area (TPSA) is 76.0 Å². The molecule has 1 aromatic carbocycles. The monoisotopic (exact) mass is 264 g/mol. The number of carboxylic acid groups (broad SMARTS) is 1. The van der Waals surface area contributed by atoms with E-state index >= 15 is 0 Å². The van der Waals surface area contributed by atoms with Crippen molar-refractivity contribution in [3.05, 3.63) is 16.7 Å². The molecule has 2 heterocycles. The van der Waals surface area contributed by atoms with E-state index in [4.69, 9.17) is 14.6 Å². The van der Waals surface area contributed by atoms with Gasteiger partial charge in [-0.15, -0.1) is 0 Å². The Labute approximate surface area is 110 Å². The van der Waals surface area contributed by atoms with E-state index in [1.54, 1.807) is 6.92 Å². The number of aromatic hydroxyl groups is 1. The summed E-state index contributed by atoms with van der Waals surface area (Å²) in [6, 6.07) is 0. The second kappa shape index (κ2) is 4.33. The van der Waals surface area contributed by atoms with Gasteiger partial charge in [0.25, 0.3) is 0 Å². The molecule has 19 heavy (non-hydrogen) atoms. The van der Waals surface area contributed by atoms with Gasteiger partial charge in [0.05, 0.1) is 19.1 Å². The summed E-state index contributed by atoms with van der Waals surface area (Å²) in [6.07, 6.45) is 1.75. The van der Waals surface area contributed by atoms with Crippen LogP contribution in [0.5, 0.6) is 17.2 Å². The minimum atomic E-state index is -0.826. The van der Waals surface area contributed by atoms with E-state index in [0.717, 1.165) is 16.7 Å². The zero-order chi connectivity index (χ0) is 13.6. The fourth-order valence-electron chi connectivity index (χ4n) is 2.79. The normalized spacial score (nSPS) is 17.3. The summed E-state index contributed by atoms with van der Waals surface area (Å²) in [6.45, 7) is 2.74. The molecule has 2 aliphatic heterocycles. The highest BCUT2D eigenvalue weighted by molar-refractivity contribution is 5.71. The van der Waals surface area contributed by atoms with Gasteiger partial charge in [-0.3, -0.25) is 4.79 Å². The predicted octanol–water partition coefficient (Wildman–Crippen LogP) is 1.53. The summed E-state index contributed by atoms with van der Waals surface area (Å²) in [5, 5.41) is 19.3. The summed E-state index contributed by atoms with van der Waals surface area (Å²) in [5.74, 6) is 0.0634. The molecular weight excluding hydrogens is 248 g/mol. The van der Waals surface area contributed by atoms with Crippen molar-refractivity contribution in [2.45, 2.75) is 26.2 Å². The Morgan fingerprint density at radius 1 is 1.21 bits per heavy atom. The maximum atomic E-state index is 11.0. The number of aliphatic carboxylic acids is 1. The van der Waals surface area contributed by atoms with Crippen LogP contribution in [-0.2, 0) is 24.1 Å². The van der Waals surface area contributed by atoms with Crippen LogP contribution in [0.4, 0.5) is 0 Å². The SMILES string of the molecule is CC(Cc1c2c(c(O)c3c1OCC3)OCC2)C(=O)O. The van der Waals surface area contributed by atoms with Gasteiger partial charge in [0.15, 0.2) is 11.5 Å². The first-order valence-electron chi connectivity index (χ1n) is 6.47. The van der Waals surface area contributed by atoms with Crippen molar-refractivity contribution in [2.24, 2.45) is 5.92 Å². The molecule has 3 rings (SSSR count). The first-order valence-corrected chi connectivity index (χ1v) is 6.47. The molecule has 1 unspecified atom stereocenters. The van der Waals surface area contributed by atoms with E-state index in [9.17, 15) is 9.90 Å². The predicted molar refractivity (Wildman–Crippen MR) is 67.0 cm³/mol. The van der Waals surface area contributed by atoms with Crippen LogP contribution in [0.1, 0.15) is 23.6 Å². The molecule has 2 N–H and O–H groups in total. The van der Waals surface area contributed by atoms with Crippen LogP contribution in [-0.4, -0.2) is 29.4 Å². The lowest BCUT2D eigenvalue weighted by Crippen LogP contribution is -2.14. The highest BCUT2D eigenvalue weighted by Crippen LogP contribution is 2.48. The number of hydrogen-bond donors (Lipinski definition) is 2. The number of hydrogen-bond acceptors (Lipinski definition) is 4. The average molecular weight is 264 g/mol. The van der Waals surface area contributed by atoms with Crippen molar-refractivity contribution in [3.8, 4) is 17.2 Å². The zero-order valence-corrected chi connectivity index (χ0v) is 10.7. The average Bonchev–Trinajstić information content (AvgIpc) is 3.02. The number of carbonyl (C=O) groups is 1. The van der Waals surface area contributed by atoms with Gasteiger partial charge in [-0.2, -0.15) is 0 Å². The second-order valence-corrected chi connectivity index (χ2v) is 5.08. The van der Waals surface area contributed by atoms with Crippen molar-refractivity contribution in [3.63, 3.8) is 0 Å². The first-order chi connectivity index (χ1) is 9.09. The van der Waals surface area contributed by atoms with Gasteiger partial charge in [0.1, 0.15) is 5.75 Å². The fraction of sp³-hybridized carbons (Fsp3) is 0.500. The molecule has 0 spiro atoms. The Hall–Kier alpha value is -1.91. The highest BCUT2D eigenvalue weighted by atomic mass is 16.5. The van der Waals surface area contributed by atoms with Crippen molar-refractivity contribution in [1.29, 1.82) is 0 Å². The van der Waals surface area contributed by atoms with Crippen LogP contribution in [0.25, 0.3) is 0 Å². The largest absolute Gasteiger partial charge is 0.504 e. The van der Waals surface area contributed by atoms with Crippen LogP contribution in [0.2, 0.25) is 0 Å². The third-order valence-electron chi connectivity index (χ3n) is 3.82. The molecule has 1 aromatic rings. The number of phenols is 1. The molecular formula is C14H16O5. The fourth-order valence-corrected chi connectivity index (χ4v) is 2.79. The molecule has 2 aliphatic rings. The van der Waals surface area contributed by atoms with Gasteiger partial charge in [-0.05, 0) is 6.42 Å². The number of carboxylic acids is 1. The van der Waals surface area contributed by atoms with E-state index in [1.807, 2.05) is 0 Å². The minimum Gasteiger partial charge on any atom is -0.504 e. The molecule has 0 bridgehead atoms. The summed E-state index contributed by atoms with van der Waals surface area (Å²) in [7, 11) is 0. The smallest absolute Gasteiger partial charge is 0.306 e. The van der Waals surface area contributed by atoms with E-state index in [0.29, 0.717) is 44.0 Å². The van der Waals surface area contributed by atoms with E-state index < -0.39 is 11.9 Å². The molecule has 0 amide bonds. The third kappa shape index (κ3) is 1.80. The van der Waals surface area contributed by atoms with E-state index in [1.165, 1.54) is 0 Å².